The van der Waals surface area contributed by atoms with Crippen molar-refractivity contribution in [1.82, 2.24) is 5.32 Å². The number of aliphatic hydroxyl groups is 1. The number of aliphatic hydroxyl groups excluding tert-OH is 1. The Balaban J connectivity index is 2.13. The fourth-order valence-corrected chi connectivity index (χ4v) is 2.73. The number of hydrogen-bond acceptors (Lipinski definition) is 4. The highest BCUT2D eigenvalue weighted by Gasteiger charge is 2.50. The normalized spacial score (nSPS) is 17.2. The minimum atomic E-state index is -0.791. The summed E-state index contributed by atoms with van der Waals surface area (Å²) in [7, 11) is 0. The van der Waals surface area contributed by atoms with Gasteiger partial charge in [-0.3, -0.25) is 4.79 Å². The lowest BCUT2D eigenvalue weighted by molar-refractivity contribution is -0.126. The van der Waals surface area contributed by atoms with E-state index >= 15 is 0 Å². The van der Waals surface area contributed by atoms with E-state index in [-0.39, 0.29) is 25.0 Å². The summed E-state index contributed by atoms with van der Waals surface area (Å²) in [5.74, 6) is 0.599. The molecule has 1 atom stereocenters. The Morgan fingerprint density at radius 2 is 2.19 bits per heavy atom. The average Bonchev–Trinajstić information content (AvgIpc) is 3.30. The van der Waals surface area contributed by atoms with Crippen LogP contribution in [-0.2, 0) is 11.2 Å². The van der Waals surface area contributed by atoms with E-state index in [2.05, 4.69) is 5.32 Å². The molecule has 5 heteroatoms. The standard InChI is InChI=1S/C16H24N2O3/c1-2-18-16(15(17)20,13-7-8-13)11-21-14-6-4-3-5-12(14)9-10-19/h3-6,13,18-19H,2,7-11H2,1H3,(H2,17,20). The largest absolute Gasteiger partial charge is 0.491 e. The van der Waals surface area contributed by atoms with Crippen molar-refractivity contribution >= 4 is 5.91 Å². The van der Waals surface area contributed by atoms with Crippen molar-refractivity contribution in [3.8, 4) is 5.75 Å². The minimum Gasteiger partial charge on any atom is -0.491 e. The summed E-state index contributed by atoms with van der Waals surface area (Å²) < 4.78 is 5.90. The molecule has 0 bridgehead atoms. The van der Waals surface area contributed by atoms with E-state index in [0.717, 1.165) is 18.4 Å². The highest BCUT2D eigenvalue weighted by Crippen LogP contribution is 2.40. The van der Waals surface area contributed by atoms with Gasteiger partial charge in [-0.05, 0) is 43.4 Å². The number of benzene rings is 1. The number of nitrogens with two attached hydrogens (primary N) is 1. The predicted molar refractivity (Wildman–Crippen MR) is 81.1 cm³/mol. The van der Waals surface area contributed by atoms with Crippen LogP contribution in [0.4, 0.5) is 0 Å². The summed E-state index contributed by atoms with van der Waals surface area (Å²) in [4.78, 5) is 12.0. The van der Waals surface area contributed by atoms with Crippen LogP contribution in [0.1, 0.15) is 25.3 Å². The Labute approximate surface area is 125 Å². The lowest BCUT2D eigenvalue weighted by atomic mass is 9.93. The molecule has 4 N–H and O–H groups in total. The minimum absolute atomic E-state index is 0.0666. The van der Waals surface area contributed by atoms with Gasteiger partial charge in [-0.2, -0.15) is 0 Å². The van der Waals surface area contributed by atoms with Gasteiger partial charge in [-0.15, -0.1) is 0 Å². The van der Waals surface area contributed by atoms with E-state index in [0.29, 0.717) is 18.7 Å². The fourth-order valence-electron chi connectivity index (χ4n) is 2.73. The first-order chi connectivity index (χ1) is 10.1. The van der Waals surface area contributed by atoms with Crippen LogP contribution in [-0.4, -0.2) is 36.3 Å². The fraction of sp³-hybridized carbons (Fsp3) is 0.562. The van der Waals surface area contributed by atoms with Crippen LogP contribution >= 0.6 is 0 Å². The molecule has 1 fully saturated rings. The SMILES string of the molecule is CCNC(COc1ccccc1CCO)(C(N)=O)C1CC1. The number of ether oxygens (including phenoxy) is 1. The summed E-state index contributed by atoms with van der Waals surface area (Å²) >= 11 is 0. The summed E-state index contributed by atoms with van der Waals surface area (Å²) in [6.07, 6.45) is 2.53. The first-order valence-electron chi connectivity index (χ1n) is 7.50. The summed E-state index contributed by atoms with van der Waals surface area (Å²) in [6, 6.07) is 7.56. The molecule has 0 spiro atoms. The Bertz CT molecular complexity index is 488. The number of rotatable bonds is 9. The first-order valence-corrected chi connectivity index (χ1v) is 7.50. The van der Waals surface area contributed by atoms with Gasteiger partial charge in [0.05, 0.1) is 0 Å². The van der Waals surface area contributed by atoms with Gasteiger partial charge >= 0.3 is 0 Å². The van der Waals surface area contributed by atoms with Gasteiger partial charge in [0.25, 0.3) is 0 Å². The highest BCUT2D eigenvalue weighted by molar-refractivity contribution is 5.85. The van der Waals surface area contributed by atoms with E-state index in [1.165, 1.54) is 0 Å². The monoisotopic (exact) mass is 292 g/mol. The number of hydrogen-bond donors (Lipinski definition) is 3. The van der Waals surface area contributed by atoms with Crippen molar-refractivity contribution in [1.29, 1.82) is 0 Å². The van der Waals surface area contributed by atoms with Gasteiger partial charge < -0.3 is 20.9 Å². The Morgan fingerprint density at radius 3 is 2.76 bits per heavy atom. The number of carbonyl (C=O) groups is 1. The molecule has 1 aromatic rings. The van der Waals surface area contributed by atoms with E-state index in [4.69, 9.17) is 15.6 Å². The van der Waals surface area contributed by atoms with Crippen molar-refractivity contribution in [2.45, 2.75) is 31.7 Å². The molecule has 1 saturated carbocycles. The van der Waals surface area contributed by atoms with Crippen LogP contribution in [0, 0.1) is 5.92 Å². The molecule has 1 amide bonds. The molecular formula is C16H24N2O3. The molecule has 1 unspecified atom stereocenters. The second kappa shape index (κ2) is 6.91. The maximum absolute atomic E-state index is 12.0. The molecule has 116 valence electrons. The van der Waals surface area contributed by atoms with E-state index in [1.807, 2.05) is 31.2 Å². The predicted octanol–water partition coefficient (Wildman–Crippen LogP) is 0.844. The van der Waals surface area contributed by atoms with Gasteiger partial charge in [0.1, 0.15) is 17.9 Å². The molecule has 1 aliphatic carbocycles. The van der Waals surface area contributed by atoms with Gasteiger partial charge in [0.2, 0.25) is 5.91 Å². The quantitative estimate of drug-likeness (QED) is 0.630. The maximum Gasteiger partial charge on any atom is 0.241 e. The molecular weight excluding hydrogens is 268 g/mol. The zero-order valence-corrected chi connectivity index (χ0v) is 12.5. The van der Waals surface area contributed by atoms with Crippen LogP contribution in [0.25, 0.3) is 0 Å². The third-order valence-corrected chi connectivity index (χ3v) is 4.02. The molecule has 5 nitrogen and oxygen atoms in total. The Hall–Kier alpha value is -1.59. The van der Waals surface area contributed by atoms with Crippen LogP contribution < -0.4 is 15.8 Å². The average molecular weight is 292 g/mol. The summed E-state index contributed by atoms with van der Waals surface area (Å²) in [5, 5.41) is 12.3. The second-order valence-corrected chi connectivity index (χ2v) is 5.51. The van der Waals surface area contributed by atoms with Crippen molar-refractivity contribution in [3.05, 3.63) is 29.8 Å². The smallest absolute Gasteiger partial charge is 0.241 e. The zero-order valence-electron chi connectivity index (χ0n) is 12.5. The Kier molecular flexibility index (Phi) is 5.20. The second-order valence-electron chi connectivity index (χ2n) is 5.51. The van der Waals surface area contributed by atoms with E-state index < -0.39 is 5.54 Å². The zero-order chi connectivity index (χ0) is 15.3. The lowest BCUT2D eigenvalue weighted by Crippen LogP contribution is -2.61. The molecule has 2 rings (SSSR count). The molecule has 1 aromatic carbocycles. The van der Waals surface area contributed by atoms with Gasteiger partial charge in [0, 0.05) is 6.61 Å². The van der Waals surface area contributed by atoms with Crippen LogP contribution in [0.15, 0.2) is 24.3 Å². The molecule has 1 aliphatic rings. The lowest BCUT2D eigenvalue weighted by Gasteiger charge is -2.31. The number of likely N-dealkylation sites (N-methyl/N-ethyl adjacent to an activating group) is 1. The molecule has 0 heterocycles. The number of nitrogens with one attached hydrogen (secondary N) is 1. The topological polar surface area (TPSA) is 84.6 Å². The van der Waals surface area contributed by atoms with Gasteiger partial charge in [-0.1, -0.05) is 25.1 Å². The van der Waals surface area contributed by atoms with E-state index in [1.54, 1.807) is 0 Å². The highest BCUT2D eigenvalue weighted by atomic mass is 16.5. The van der Waals surface area contributed by atoms with Crippen LogP contribution in [0.5, 0.6) is 5.75 Å². The van der Waals surface area contributed by atoms with Gasteiger partial charge in [0.15, 0.2) is 0 Å². The van der Waals surface area contributed by atoms with Crippen LogP contribution in [0.3, 0.4) is 0 Å². The van der Waals surface area contributed by atoms with E-state index in [9.17, 15) is 4.79 Å². The van der Waals surface area contributed by atoms with Crippen LogP contribution in [0.2, 0.25) is 0 Å². The molecule has 0 aromatic heterocycles. The summed E-state index contributed by atoms with van der Waals surface area (Å²) in [5.41, 5.74) is 5.78. The maximum atomic E-state index is 12.0. The molecule has 0 aliphatic heterocycles. The van der Waals surface area contributed by atoms with Crippen molar-refractivity contribution in [2.75, 3.05) is 19.8 Å². The first kappa shape index (κ1) is 15.8. The third kappa shape index (κ3) is 3.54. The number of primary amides is 1. The summed E-state index contributed by atoms with van der Waals surface area (Å²) in [6.45, 7) is 2.92. The van der Waals surface area contributed by atoms with Crippen molar-refractivity contribution in [3.63, 3.8) is 0 Å². The van der Waals surface area contributed by atoms with Gasteiger partial charge in [-0.25, -0.2) is 0 Å². The third-order valence-electron chi connectivity index (χ3n) is 4.02. The van der Waals surface area contributed by atoms with Crippen molar-refractivity contribution in [2.24, 2.45) is 11.7 Å². The number of amides is 1. The molecule has 21 heavy (non-hydrogen) atoms. The molecule has 0 saturated heterocycles. The Morgan fingerprint density at radius 1 is 1.48 bits per heavy atom. The number of carbonyl (C=O) groups excluding carboxylic acids is 1. The van der Waals surface area contributed by atoms with Crippen molar-refractivity contribution < 1.29 is 14.6 Å². The molecule has 0 radical (unpaired) electrons. The number of para-hydroxylation sites is 1.